The van der Waals surface area contributed by atoms with Gasteiger partial charge in [-0.25, -0.2) is 0 Å². The Balaban J connectivity index is 3.41. The van der Waals surface area contributed by atoms with Crippen molar-refractivity contribution < 1.29 is 14.3 Å². The summed E-state index contributed by atoms with van der Waals surface area (Å²) < 4.78 is 10.3. The van der Waals surface area contributed by atoms with Crippen molar-refractivity contribution in [2.45, 2.75) is 46.1 Å². The van der Waals surface area contributed by atoms with E-state index in [4.69, 9.17) is 9.47 Å². The summed E-state index contributed by atoms with van der Waals surface area (Å²) in [7, 11) is 0. The molecule has 0 aliphatic heterocycles. The average Bonchev–Trinajstić information content (AvgIpc) is 2.11. The van der Waals surface area contributed by atoms with Gasteiger partial charge in [0.15, 0.2) is 0 Å². The van der Waals surface area contributed by atoms with Gasteiger partial charge in [0.25, 0.3) is 0 Å². The summed E-state index contributed by atoms with van der Waals surface area (Å²) in [6.07, 6.45) is 2.19. The smallest absolute Gasteiger partial charge is 0.308 e. The van der Waals surface area contributed by atoms with Gasteiger partial charge in [0, 0.05) is 6.61 Å². The molecule has 0 aromatic heterocycles. The Kier molecular flexibility index (Phi) is 7.69. The van der Waals surface area contributed by atoms with Gasteiger partial charge in [0.2, 0.25) is 0 Å². The van der Waals surface area contributed by atoms with Crippen molar-refractivity contribution in [3.8, 4) is 0 Å². The standard InChI is InChI=1S/C10H20O3/c1-4-6-12-9(3)8-10(11)13-7-5-2/h9H,4-8H2,1-3H3. The van der Waals surface area contributed by atoms with E-state index < -0.39 is 0 Å². The fourth-order valence-corrected chi connectivity index (χ4v) is 0.887. The third-order valence-corrected chi connectivity index (χ3v) is 1.53. The lowest BCUT2D eigenvalue weighted by atomic mass is 10.3. The maximum absolute atomic E-state index is 11.1. The second-order valence-electron chi connectivity index (χ2n) is 3.11. The molecule has 3 nitrogen and oxygen atoms in total. The minimum atomic E-state index is -0.162. The molecule has 0 aliphatic carbocycles. The normalized spacial score (nSPS) is 12.5. The molecule has 1 unspecified atom stereocenters. The Bertz CT molecular complexity index is 134. The van der Waals surface area contributed by atoms with Crippen molar-refractivity contribution in [2.75, 3.05) is 13.2 Å². The predicted octanol–water partition coefficient (Wildman–Crippen LogP) is 2.14. The summed E-state index contributed by atoms with van der Waals surface area (Å²) in [6.45, 7) is 7.14. The zero-order chi connectivity index (χ0) is 10.1. The van der Waals surface area contributed by atoms with Crippen LogP contribution in [-0.4, -0.2) is 25.3 Å². The first-order chi connectivity index (χ1) is 6.20. The summed E-state index contributed by atoms with van der Waals surface area (Å²) >= 11 is 0. The van der Waals surface area contributed by atoms with Crippen LogP contribution in [0, 0.1) is 0 Å². The monoisotopic (exact) mass is 188 g/mol. The zero-order valence-electron chi connectivity index (χ0n) is 8.84. The van der Waals surface area contributed by atoms with Gasteiger partial charge in [0.05, 0.1) is 19.1 Å². The van der Waals surface area contributed by atoms with E-state index in [2.05, 4.69) is 0 Å². The second-order valence-corrected chi connectivity index (χ2v) is 3.11. The van der Waals surface area contributed by atoms with Crippen LogP contribution in [0.4, 0.5) is 0 Å². The van der Waals surface area contributed by atoms with E-state index in [-0.39, 0.29) is 12.1 Å². The third kappa shape index (κ3) is 7.78. The third-order valence-electron chi connectivity index (χ3n) is 1.53. The van der Waals surface area contributed by atoms with Crippen molar-refractivity contribution in [1.29, 1.82) is 0 Å². The van der Waals surface area contributed by atoms with Crippen LogP contribution < -0.4 is 0 Å². The number of carbonyl (C=O) groups is 1. The average molecular weight is 188 g/mol. The Morgan fingerprint density at radius 2 is 1.85 bits per heavy atom. The van der Waals surface area contributed by atoms with E-state index in [0.29, 0.717) is 19.6 Å². The highest BCUT2D eigenvalue weighted by Crippen LogP contribution is 2.00. The molecule has 0 N–H and O–H groups in total. The number of hydrogen-bond acceptors (Lipinski definition) is 3. The van der Waals surface area contributed by atoms with Crippen LogP contribution in [0.5, 0.6) is 0 Å². The van der Waals surface area contributed by atoms with Crippen LogP contribution in [-0.2, 0) is 14.3 Å². The molecule has 1 atom stereocenters. The SMILES string of the molecule is CCCOC(=O)CC(C)OCCC. The molecule has 0 radical (unpaired) electrons. The first-order valence-corrected chi connectivity index (χ1v) is 4.97. The minimum Gasteiger partial charge on any atom is -0.466 e. The maximum atomic E-state index is 11.1. The molecule has 0 bridgehead atoms. The molecule has 0 fully saturated rings. The molecule has 0 rings (SSSR count). The van der Waals surface area contributed by atoms with Gasteiger partial charge in [-0.15, -0.1) is 0 Å². The van der Waals surface area contributed by atoms with Gasteiger partial charge in [0.1, 0.15) is 0 Å². The largest absolute Gasteiger partial charge is 0.466 e. The van der Waals surface area contributed by atoms with Crippen molar-refractivity contribution in [3.63, 3.8) is 0 Å². The van der Waals surface area contributed by atoms with Gasteiger partial charge in [-0.05, 0) is 19.8 Å². The molecule has 0 aliphatic rings. The highest BCUT2D eigenvalue weighted by atomic mass is 16.5. The molecule has 0 saturated carbocycles. The predicted molar refractivity (Wildman–Crippen MR) is 51.6 cm³/mol. The van der Waals surface area contributed by atoms with Gasteiger partial charge >= 0.3 is 5.97 Å². The summed E-state index contributed by atoms with van der Waals surface area (Å²) in [5, 5.41) is 0. The molecule has 0 spiro atoms. The molecule has 0 amide bonds. The van der Waals surface area contributed by atoms with E-state index in [1.807, 2.05) is 20.8 Å². The molecule has 0 aromatic carbocycles. The number of hydrogen-bond donors (Lipinski definition) is 0. The first kappa shape index (κ1) is 12.4. The zero-order valence-corrected chi connectivity index (χ0v) is 8.84. The van der Waals surface area contributed by atoms with Crippen LogP contribution in [0.1, 0.15) is 40.0 Å². The summed E-state index contributed by atoms with van der Waals surface area (Å²) in [4.78, 5) is 11.1. The Labute approximate surface area is 80.4 Å². The fraction of sp³-hybridized carbons (Fsp3) is 0.900. The van der Waals surface area contributed by atoms with Crippen molar-refractivity contribution in [3.05, 3.63) is 0 Å². The summed E-state index contributed by atoms with van der Waals surface area (Å²) in [5.74, 6) is -0.162. The molecule has 3 heteroatoms. The van der Waals surface area contributed by atoms with Crippen LogP contribution in [0.15, 0.2) is 0 Å². The molecular weight excluding hydrogens is 168 g/mol. The van der Waals surface area contributed by atoms with Gasteiger partial charge in [-0.3, -0.25) is 4.79 Å². The summed E-state index contributed by atoms with van der Waals surface area (Å²) in [6, 6.07) is 0. The molecule has 0 aromatic rings. The molecule has 13 heavy (non-hydrogen) atoms. The Morgan fingerprint density at radius 1 is 1.23 bits per heavy atom. The lowest BCUT2D eigenvalue weighted by Gasteiger charge is -2.11. The van der Waals surface area contributed by atoms with E-state index in [1.165, 1.54) is 0 Å². The van der Waals surface area contributed by atoms with E-state index in [9.17, 15) is 4.79 Å². The minimum absolute atomic E-state index is 0.0238. The van der Waals surface area contributed by atoms with E-state index >= 15 is 0 Å². The lowest BCUT2D eigenvalue weighted by Crippen LogP contribution is -2.17. The van der Waals surface area contributed by atoms with Crippen LogP contribution in [0.25, 0.3) is 0 Å². The Hall–Kier alpha value is -0.570. The van der Waals surface area contributed by atoms with Gasteiger partial charge < -0.3 is 9.47 Å². The molecule has 0 heterocycles. The van der Waals surface area contributed by atoms with Crippen LogP contribution >= 0.6 is 0 Å². The number of carbonyl (C=O) groups excluding carboxylic acids is 1. The summed E-state index contributed by atoms with van der Waals surface area (Å²) in [5.41, 5.74) is 0. The quantitative estimate of drug-likeness (QED) is 0.574. The topological polar surface area (TPSA) is 35.5 Å². The van der Waals surface area contributed by atoms with Crippen molar-refractivity contribution in [1.82, 2.24) is 0 Å². The molecular formula is C10H20O3. The Morgan fingerprint density at radius 3 is 2.38 bits per heavy atom. The lowest BCUT2D eigenvalue weighted by molar-refractivity contribution is -0.146. The van der Waals surface area contributed by atoms with E-state index in [1.54, 1.807) is 0 Å². The molecule has 78 valence electrons. The van der Waals surface area contributed by atoms with Gasteiger partial charge in [-0.2, -0.15) is 0 Å². The first-order valence-electron chi connectivity index (χ1n) is 4.97. The number of ether oxygens (including phenoxy) is 2. The number of esters is 1. The van der Waals surface area contributed by atoms with E-state index in [0.717, 1.165) is 12.8 Å². The fourth-order valence-electron chi connectivity index (χ4n) is 0.887. The van der Waals surface area contributed by atoms with Crippen molar-refractivity contribution >= 4 is 5.97 Å². The van der Waals surface area contributed by atoms with Crippen LogP contribution in [0.3, 0.4) is 0 Å². The maximum Gasteiger partial charge on any atom is 0.308 e. The number of rotatable bonds is 7. The van der Waals surface area contributed by atoms with Gasteiger partial charge in [-0.1, -0.05) is 13.8 Å². The van der Waals surface area contributed by atoms with Crippen LogP contribution in [0.2, 0.25) is 0 Å². The highest BCUT2D eigenvalue weighted by Gasteiger charge is 2.09. The second kappa shape index (κ2) is 8.05. The molecule has 0 saturated heterocycles. The van der Waals surface area contributed by atoms with Crippen molar-refractivity contribution in [2.24, 2.45) is 0 Å². The highest BCUT2D eigenvalue weighted by molar-refractivity contribution is 5.69.